The second-order valence-electron chi connectivity index (χ2n) is 7.49. The van der Waals surface area contributed by atoms with Crippen molar-refractivity contribution in [1.29, 1.82) is 0 Å². The second kappa shape index (κ2) is 8.62. The van der Waals surface area contributed by atoms with Crippen LogP contribution in [0.4, 0.5) is 11.4 Å². The lowest BCUT2D eigenvalue weighted by molar-refractivity contribution is -0.384. The van der Waals surface area contributed by atoms with E-state index < -0.39 is 40.4 Å². The van der Waals surface area contributed by atoms with Crippen LogP contribution in [0.3, 0.4) is 0 Å². The number of halogens is 5. The molecule has 3 heterocycles. The van der Waals surface area contributed by atoms with E-state index in [1.54, 1.807) is 17.5 Å². The van der Waals surface area contributed by atoms with Crippen LogP contribution in [0.1, 0.15) is 31.6 Å². The number of anilines is 1. The monoisotopic (exact) mass is 589 g/mol. The average Bonchev–Trinajstić information content (AvgIpc) is 3.43. The van der Waals surface area contributed by atoms with Crippen molar-refractivity contribution in [3.63, 3.8) is 0 Å². The molecular weight excluding hydrogens is 584 g/mol. The number of thiophene rings is 1. The van der Waals surface area contributed by atoms with Crippen LogP contribution in [0.25, 0.3) is 0 Å². The molecule has 3 amide bonds. The summed E-state index contributed by atoms with van der Waals surface area (Å²) >= 11 is 31.8. The molecule has 3 aromatic rings. The lowest BCUT2D eigenvalue weighted by Crippen LogP contribution is -2.67. The molecule has 0 unspecified atom stereocenters. The molecule has 1 saturated heterocycles. The molecule has 1 fully saturated rings. The number of nitro benzene ring substituents is 1. The third kappa shape index (κ3) is 3.45. The Morgan fingerprint density at radius 2 is 1.43 bits per heavy atom. The van der Waals surface area contributed by atoms with Crippen LogP contribution in [-0.2, 0) is 4.79 Å². The molecule has 0 saturated carbocycles. The minimum Gasteiger partial charge on any atom is -0.293 e. The van der Waals surface area contributed by atoms with Crippen LogP contribution in [-0.4, -0.2) is 33.6 Å². The molecule has 5 rings (SSSR count). The fraction of sp³-hybridized carbons (Fsp3) is 0.0952. The maximum absolute atomic E-state index is 13.5. The largest absolute Gasteiger partial charge is 0.294 e. The standard InChI is InChI=1S/C21H8Cl5N3O5S/c22-7-3-4-8(9(6-7)29(33)34)27-17(10-2-1-5-35-10)18(21(27)32)28-19(30)11-12(20(28)31)14(24)16(26)15(25)13(11)23/h1-6,17-18H/t17-,18+/m0/s1. The molecule has 14 heteroatoms. The summed E-state index contributed by atoms with van der Waals surface area (Å²) in [6.45, 7) is 0. The SMILES string of the molecule is O=C1c2c(Cl)c(Cl)c(Cl)c(Cl)c2C(=O)N1[C@H]1C(=O)N(c2ccc(Cl)cc2[N+](=O)[O-])[C@H]1c1cccs1. The highest BCUT2D eigenvalue weighted by atomic mass is 35.5. The average molecular weight is 592 g/mol. The van der Waals surface area contributed by atoms with Gasteiger partial charge in [0.05, 0.1) is 36.1 Å². The van der Waals surface area contributed by atoms with Gasteiger partial charge in [0, 0.05) is 16.0 Å². The lowest BCUT2D eigenvalue weighted by atomic mass is 9.90. The van der Waals surface area contributed by atoms with Gasteiger partial charge in [0.2, 0.25) is 0 Å². The summed E-state index contributed by atoms with van der Waals surface area (Å²) in [5, 5.41) is 12.6. The van der Waals surface area contributed by atoms with Crippen molar-refractivity contribution in [3.05, 3.63) is 86.9 Å². The smallest absolute Gasteiger partial charge is 0.293 e. The fourth-order valence-corrected chi connectivity index (χ4v) is 6.23. The topological polar surface area (TPSA) is 101 Å². The number of hydrogen-bond donors (Lipinski definition) is 0. The molecule has 0 aliphatic carbocycles. The number of nitrogens with zero attached hydrogens (tertiary/aromatic N) is 3. The second-order valence-corrected chi connectivity index (χ2v) is 10.4. The highest BCUT2D eigenvalue weighted by Crippen LogP contribution is 2.51. The number of carbonyl (C=O) groups is 3. The highest BCUT2D eigenvalue weighted by Gasteiger charge is 2.59. The first-order valence-corrected chi connectivity index (χ1v) is 12.4. The molecule has 2 atom stereocenters. The van der Waals surface area contributed by atoms with Crippen molar-refractivity contribution in [2.75, 3.05) is 4.90 Å². The van der Waals surface area contributed by atoms with Gasteiger partial charge < -0.3 is 0 Å². The molecular formula is C21H8Cl5N3O5S. The predicted molar refractivity (Wildman–Crippen MR) is 133 cm³/mol. The molecule has 0 radical (unpaired) electrons. The van der Waals surface area contributed by atoms with Crippen molar-refractivity contribution in [1.82, 2.24) is 4.90 Å². The van der Waals surface area contributed by atoms with Crippen LogP contribution >= 0.6 is 69.3 Å². The maximum atomic E-state index is 13.5. The molecule has 0 spiro atoms. The number of carbonyl (C=O) groups excluding carboxylic acids is 3. The number of benzene rings is 2. The number of rotatable bonds is 4. The van der Waals surface area contributed by atoms with Crippen LogP contribution in [0.15, 0.2) is 35.7 Å². The van der Waals surface area contributed by atoms with Crippen LogP contribution in [0.2, 0.25) is 25.1 Å². The molecule has 178 valence electrons. The third-order valence-corrected chi connectivity index (χ3v) is 8.69. The molecule has 0 bridgehead atoms. The van der Waals surface area contributed by atoms with E-state index in [0.29, 0.717) is 4.88 Å². The minimum absolute atomic E-state index is 0.0298. The summed E-state index contributed by atoms with van der Waals surface area (Å²) in [5.41, 5.74) is -0.954. The predicted octanol–water partition coefficient (Wildman–Crippen LogP) is 6.68. The molecule has 35 heavy (non-hydrogen) atoms. The van der Waals surface area contributed by atoms with Crippen LogP contribution in [0.5, 0.6) is 0 Å². The molecule has 1 aromatic heterocycles. The van der Waals surface area contributed by atoms with Crippen molar-refractivity contribution >= 4 is 98.4 Å². The number of nitro groups is 1. The Morgan fingerprint density at radius 3 is 1.94 bits per heavy atom. The summed E-state index contributed by atoms with van der Waals surface area (Å²) in [4.78, 5) is 53.7. The zero-order chi connectivity index (χ0) is 25.3. The van der Waals surface area contributed by atoms with Gasteiger partial charge in [0.15, 0.2) is 0 Å². The number of imide groups is 1. The zero-order valence-corrected chi connectivity index (χ0v) is 21.4. The summed E-state index contributed by atoms with van der Waals surface area (Å²) in [7, 11) is 0. The summed E-state index contributed by atoms with van der Waals surface area (Å²) in [6.07, 6.45) is 0. The normalized spacial score (nSPS) is 19.3. The Labute approximate surface area is 225 Å². The van der Waals surface area contributed by atoms with Crippen LogP contribution in [0, 0.1) is 10.1 Å². The van der Waals surface area contributed by atoms with Gasteiger partial charge in [-0.2, -0.15) is 0 Å². The third-order valence-electron chi connectivity index (χ3n) is 5.71. The minimum atomic E-state index is -1.32. The number of β-lactam (4-membered cyclic amide) rings is 1. The Kier molecular flexibility index (Phi) is 5.98. The molecule has 8 nitrogen and oxygen atoms in total. The van der Waals surface area contributed by atoms with Gasteiger partial charge in [0.1, 0.15) is 17.8 Å². The first-order valence-electron chi connectivity index (χ1n) is 9.60. The summed E-state index contributed by atoms with van der Waals surface area (Å²) < 4.78 is 0. The summed E-state index contributed by atoms with van der Waals surface area (Å²) in [6, 6.07) is 5.04. The number of amides is 3. The van der Waals surface area contributed by atoms with Gasteiger partial charge in [-0.1, -0.05) is 64.1 Å². The highest BCUT2D eigenvalue weighted by molar-refractivity contribution is 7.10. The first kappa shape index (κ1) is 24.3. The van der Waals surface area contributed by atoms with E-state index in [-0.39, 0.29) is 41.9 Å². The van der Waals surface area contributed by atoms with Gasteiger partial charge in [-0.05, 0) is 23.6 Å². The summed E-state index contributed by atoms with van der Waals surface area (Å²) in [5.74, 6) is -2.46. The Morgan fingerprint density at radius 1 is 0.829 bits per heavy atom. The van der Waals surface area contributed by atoms with E-state index in [2.05, 4.69) is 0 Å². The number of hydrogen-bond acceptors (Lipinski definition) is 6. The van der Waals surface area contributed by atoms with Gasteiger partial charge in [0.25, 0.3) is 23.4 Å². The Balaban J connectivity index is 1.64. The van der Waals surface area contributed by atoms with Gasteiger partial charge in [-0.25, -0.2) is 0 Å². The van der Waals surface area contributed by atoms with Crippen molar-refractivity contribution in [2.24, 2.45) is 0 Å². The Bertz CT molecular complexity index is 1430. The van der Waals surface area contributed by atoms with Gasteiger partial charge in [-0.3, -0.25) is 34.3 Å². The molecule has 2 aliphatic rings. The molecule has 0 N–H and O–H groups in total. The van der Waals surface area contributed by atoms with Crippen molar-refractivity contribution < 1.29 is 19.3 Å². The fourth-order valence-electron chi connectivity index (χ4n) is 4.20. The van der Waals surface area contributed by atoms with E-state index in [1.807, 2.05) is 0 Å². The first-order chi connectivity index (χ1) is 16.6. The van der Waals surface area contributed by atoms with E-state index in [4.69, 9.17) is 58.0 Å². The van der Waals surface area contributed by atoms with Crippen LogP contribution < -0.4 is 4.90 Å². The van der Waals surface area contributed by atoms with Gasteiger partial charge in [-0.15, -0.1) is 11.3 Å². The van der Waals surface area contributed by atoms with Crippen molar-refractivity contribution in [2.45, 2.75) is 12.1 Å². The molecule has 2 aliphatic heterocycles. The quantitative estimate of drug-likeness (QED) is 0.0842. The van der Waals surface area contributed by atoms with E-state index in [9.17, 15) is 24.5 Å². The lowest BCUT2D eigenvalue weighted by Gasteiger charge is -2.48. The van der Waals surface area contributed by atoms with Gasteiger partial charge >= 0.3 is 0 Å². The molecule has 2 aromatic carbocycles. The zero-order valence-electron chi connectivity index (χ0n) is 16.8. The van der Waals surface area contributed by atoms with E-state index >= 15 is 0 Å². The van der Waals surface area contributed by atoms with Crippen molar-refractivity contribution in [3.8, 4) is 0 Å². The van der Waals surface area contributed by atoms with E-state index in [0.717, 1.165) is 15.9 Å². The maximum Gasteiger partial charge on any atom is 0.294 e. The number of fused-ring (bicyclic) bond motifs is 1. The van der Waals surface area contributed by atoms with E-state index in [1.165, 1.54) is 23.5 Å². The Hall–Kier alpha value is -2.40.